The molecule has 0 spiro atoms. The molecule has 0 heterocycles. The van der Waals surface area contributed by atoms with Crippen LogP contribution in [0.3, 0.4) is 0 Å². The van der Waals surface area contributed by atoms with Crippen LogP contribution in [0.25, 0.3) is 0 Å². The summed E-state index contributed by atoms with van der Waals surface area (Å²) < 4.78 is 5.60. The predicted molar refractivity (Wildman–Crippen MR) is 84.9 cm³/mol. The van der Waals surface area contributed by atoms with Crippen LogP contribution in [0.2, 0.25) is 0 Å². The van der Waals surface area contributed by atoms with E-state index in [9.17, 15) is 9.59 Å². The molecule has 0 aromatic heterocycles. The highest BCUT2D eigenvalue weighted by molar-refractivity contribution is 6.03. The maximum absolute atomic E-state index is 12.2. The maximum Gasteiger partial charge on any atom is 0.265 e. The molecule has 0 aliphatic heterocycles. The zero-order valence-corrected chi connectivity index (χ0v) is 12.5. The van der Waals surface area contributed by atoms with Gasteiger partial charge in [0.2, 0.25) is 0 Å². The summed E-state index contributed by atoms with van der Waals surface area (Å²) in [4.78, 5) is 23.5. The Morgan fingerprint density at radius 2 is 1.86 bits per heavy atom. The minimum Gasteiger partial charge on any atom is -0.481 e. The largest absolute Gasteiger partial charge is 0.481 e. The fourth-order valence-corrected chi connectivity index (χ4v) is 1.99. The molecule has 2 aromatic carbocycles. The molecule has 5 nitrogen and oxygen atoms in total. The number of rotatable bonds is 5. The van der Waals surface area contributed by atoms with Crippen molar-refractivity contribution in [2.75, 3.05) is 5.32 Å². The van der Waals surface area contributed by atoms with Gasteiger partial charge in [0.25, 0.3) is 11.8 Å². The Bertz CT molecular complexity index is 698. The van der Waals surface area contributed by atoms with Crippen molar-refractivity contribution in [3.05, 3.63) is 59.7 Å². The Morgan fingerprint density at radius 1 is 1.14 bits per heavy atom. The van der Waals surface area contributed by atoms with E-state index in [1.165, 1.54) is 0 Å². The number of benzene rings is 2. The van der Waals surface area contributed by atoms with E-state index in [-0.39, 0.29) is 11.5 Å². The van der Waals surface area contributed by atoms with Crippen LogP contribution in [-0.2, 0) is 4.79 Å². The summed E-state index contributed by atoms with van der Waals surface area (Å²) in [7, 11) is 0. The van der Waals surface area contributed by atoms with Crippen molar-refractivity contribution >= 4 is 17.5 Å². The van der Waals surface area contributed by atoms with Crippen LogP contribution in [0.1, 0.15) is 22.8 Å². The molecule has 5 heteroatoms. The van der Waals surface area contributed by atoms with E-state index in [1.54, 1.807) is 37.3 Å². The Labute approximate surface area is 129 Å². The summed E-state index contributed by atoms with van der Waals surface area (Å²) in [5.41, 5.74) is 6.97. The van der Waals surface area contributed by atoms with E-state index in [1.807, 2.05) is 25.1 Å². The minimum absolute atomic E-state index is 0.263. The summed E-state index contributed by atoms with van der Waals surface area (Å²) in [6, 6.07) is 14.0. The quantitative estimate of drug-likeness (QED) is 0.889. The molecule has 0 saturated heterocycles. The van der Waals surface area contributed by atoms with E-state index in [2.05, 4.69) is 5.32 Å². The second-order valence-corrected chi connectivity index (χ2v) is 4.98. The van der Waals surface area contributed by atoms with Crippen molar-refractivity contribution in [3.63, 3.8) is 0 Å². The number of para-hydroxylation sites is 1. The van der Waals surface area contributed by atoms with Crippen LogP contribution >= 0.6 is 0 Å². The molecule has 0 radical (unpaired) electrons. The topological polar surface area (TPSA) is 81.4 Å². The lowest BCUT2D eigenvalue weighted by molar-refractivity contribution is -0.122. The van der Waals surface area contributed by atoms with Gasteiger partial charge in [0.1, 0.15) is 5.75 Å². The van der Waals surface area contributed by atoms with Crippen molar-refractivity contribution < 1.29 is 14.3 Å². The number of nitrogens with two attached hydrogens (primary N) is 1. The summed E-state index contributed by atoms with van der Waals surface area (Å²) >= 11 is 0. The summed E-state index contributed by atoms with van der Waals surface area (Å²) in [5, 5.41) is 2.66. The number of aryl methyl sites for hydroxylation is 1. The Hall–Kier alpha value is -2.82. The summed E-state index contributed by atoms with van der Waals surface area (Å²) in [6.07, 6.45) is -0.706. The van der Waals surface area contributed by atoms with E-state index in [0.29, 0.717) is 11.4 Å². The Kier molecular flexibility index (Phi) is 4.78. The maximum atomic E-state index is 12.2. The van der Waals surface area contributed by atoms with Crippen molar-refractivity contribution in [3.8, 4) is 5.75 Å². The van der Waals surface area contributed by atoms with Crippen LogP contribution < -0.4 is 15.8 Å². The molecule has 0 fully saturated rings. The zero-order chi connectivity index (χ0) is 16.1. The van der Waals surface area contributed by atoms with Gasteiger partial charge < -0.3 is 15.8 Å². The standard InChI is InChI=1S/C17H18N2O3/c1-11-6-5-7-13(10-11)22-12(2)17(21)19-15-9-4-3-8-14(15)16(18)20/h3-10,12H,1-2H3,(H2,18,20)(H,19,21)/t12-/m1/s1. The van der Waals surface area contributed by atoms with Gasteiger partial charge in [-0.2, -0.15) is 0 Å². The highest BCUT2D eigenvalue weighted by atomic mass is 16.5. The fraction of sp³-hybridized carbons (Fsp3) is 0.176. The van der Waals surface area contributed by atoms with Crippen LogP contribution in [-0.4, -0.2) is 17.9 Å². The highest BCUT2D eigenvalue weighted by Gasteiger charge is 2.17. The van der Waals surface area contributed by atoms with Crippen molar-refractivity contribution in [1.29, 1.82) is 0 Å². The molecular formula is C17H18N2O3. The molecule has 0 aliphatic carbocycles. The fourth-order valence-electron chi connectivity index (χ4n) is 1.99. The van der Waals surface area contributed by atoms with Crippen LogP contribution in [0.15, 0.2) is 48.5 Å². The molecule has 0 aliphatic rings. The monoisotopic (exact) mass is 298 g/mol. The molecule has 0 saturated carbocycles. The van der Waals surface area contributed by atoms with E-state index >= 15 is 0 Å². The third-order valence-corrected chi connectivity index (χ3v) is 3.12. The first kappa shape index (κ1) is 15.6. The molecule has 0 unspecified atom stereocenters. The number of carbonyl (C=O) groups excluding carboxylic acids is 2. The number of primary amides is 1. The molecule has 2 aromatic rings. The average molecular weight is 298 g/mol. The molecule has 2 amide bonds. The first-order valence-electron chi connectivity index (χ1n) is 6.90. The minimum atomic E-state index is -0.706. The number of hydrogen-bond donors (Lipinski definition) is 2. The molecule has 1 atom stereocenters. The Balaban J connectivity index is 2.07. The van der Waals surface area contributed by atoms with E-state index in [0.717, 1.165) is 5.56 Å². The zero-order valence-electron chi connectivity index (χ0n) is 12.5. The molecule has 0 bridgehead atoms. The van der Waals surface area contributed by atoms with Crippen molar-refractivity contribution in [2.24, 2.45) is 5.73 Å². The van der Waals surface area contributed by atoms with E-state index in [4.69, 9.17) is 10.5 Å². The van der Waals surface area contributed by atoms with Gasteiger partial charge >= 0.3 is 0 Å². The lowest BCUT2D eigenvalue weighted by atomic mass is 10.1. The van der Waals surface area contributed by atoms with Crippen LogP contribution in [0.5, 0.6) is 5.75 Å². The van der Waals surface area contributed by atoms with Crippen LogP contribution in [0.4, 0.5) is 5.69 Å². The smallest absolute Gasteiger partial charge is 0.265 e. The molecule has 3 N–H and O–H groups in total. The van der Waals surface area contributed by atoms with Crippen molar-refractivity contribution in [2.45, 2.75) is 20.0 Å². The molecule has 114 valence electrons. The third kappa shape index (κ3) is 3.85. The number of carbonyl (C=O) groups is 2. The molecular weight excluding hydrogens is 280 g/mol. The Morgan fingerprint density at radius 3 is 2.55 bits per heavy atom. The van der Waals surface area contributed by atoms with Gasteiger partial charge in [-0.15, -0.1) is 0 Å². The van der Waals surface area contributed by atoms with Gasteiger partial charge in [-0.05, 0) is 43.7 Å². The number of amides is 2. The second kappa shape index (κ2) is 6.76. The SMILES string of the molecule is Cc1cccc(O[C@H](C)C(=O)Nc2ccccc2C(N)=O)c1. The predicted octanol–water partition coefficient (Wildman–Crippen LogP) is 2.50. The normalized spacial score (nSPS) is 11.5. The third-order valence-electron chi connectivity index (χ3n) is 3.12. The van der Waals surface area contributed by atoms with Gasteiger partial charge in [0.05, 0.1) is 11.3 Å². The molecule has 22 heavy (non-hydrogen) atoms. The molecule has 2 rings (SSSR count). The average Bonchev–Trinajstić information content (AvgIpc) is 2.47. The number of ether oxygens (including phenoxy) is 1. The number of nitrogens with one attached hydrogen (secondary N) is 1. The van der Waals surface area contributed by atoms with Gasteiger partial charge in [0, 0.05) is 0 Å². The lowest BCUT2D eigenvalue weighted by Crippen LogP contribution is -2.31. The highest BCUT2D eigenvalue weighted by Crippen LogP contribution is 2.17. The van der Waals surface area contributed by atoms with Crippen LogP contribution in [0, 0.1) is 6.92 Å². The van der Waals surface area contributed by atoms with Crippen molar-refractivity contribution in [1.82, 2.24) is 0 Å². The van der Waals surface area contributed by atoms with Gasteiger partial charge in [-0.25, -0.2) is 0 Å². The first-order chi connectivity index (χ1) is 10.5. The van der Waals surface area contributed by atoms with Gasteiger partial charge in [-0.1, -0.05) is 24.3 Å². The summed E-state index contributed by atoms with van der Waals surface area (Å²) in [5.74, 6) is -0.329. The first-order valence-corrected chi connectivity index (χ1v) is 6.90. The summed E-state index contributed by atoms with van der Waals surface area (Å²) in [6.45, 7) is 3.59. The lowest BCUT2D eigenvalue weighted by Gasteiger charge is -2.16. The van der Waals surface area contributed by atoms with Gasteiger partial charge in [0.15, 0.2) is 6.10 Å². The second-order valence-electron chi connectivity index (χ2n) is 4.98. The van der Waals surface area contributed by atoms with Gasteiger partial charge in [-0.3, -0.25) is 9.59 Å². The number of hydrogen-bond acceptors (Lipinski definition) is 3. The van der Waals surface area contributed by atoms with E-state index < -0.39 is 12.0 Å². The number of anilines is 1.